The van der Waals surface area contributed by atoms with Gasteiger partial charge in [-0.3, -0.25) is 4.40 Å². The summed E-state index contributed by atoms with van der Waals surface area (Å²) < 4.78 is 2.00. The first-order valence-corrected chi connectivity index (χ1v) is 5.30. The third kappa shape index (κ3) is 1.88. The average molecular weight is 240 g/mol. The minimum absolute atomic E-state index is 0. The van der Waals surface area contributed by atoms with Crippen molar-refractivity contribution in [3.05, 3.63) is 24.3 Å². The summed E-state index contributed by atoms with van der Waals surface area (Å²) in [7, 11) is 0. The topological polar surface area (TPSA) is 55.1 Å². The van der Waals surface area contributed by atoms with Crippen LogP contribution < -0.4 is 5.32 Å². The van der Waals surface area contributed by atoms with Crippen molar-refractivity contribution in [3.63, 3.8) is 0 Å². The second-order valence-corrected chi connectivity index (χ2v) is 3.89. The Kier molecular flexibility index (Phi) is 3.36. The summed E-state index contributed by atoms with van der Waals surface area (Å²) >= 11 is 0. The molecule has 1 saturated heterocycles. The summed E-state index contributed by atoms with van der Waals surface area (Å²) in [6, 6.07) is 2.08. The van der Waals surface area contributed by atoms with E-state index in [0.29, 0.717) is 11.7 Å². The molecule has 0 atom stereocenters. The Morgan fingerprint density at radius 3 is 2.94 bits per heavy atom. The van der Waals surface area contributed by atoms with Crippen LogP contribution in [0, 0.1) is 0 Å². The first kappa shape index (κ1) is 11.3. The van der Waals surface area contributed by atoms with Crippen LogP contribution in [0.4, 0.5) is 0 Å². The van der Waals surface area contributed by atoms with E-state index in [0.717, 1.165) is 13.1 Å². The number of hydrogen-bond donors (Lipinski definition) is 1. The number of hydrogen-bond acceptors (Lipinski definition) is 4. The van der Waals surface area contributed by atoms with E-state index in [4.69, 9.17) is 0 Å². The molecule has 3 rings (SSSR count). The molecule has 0 saturated carbocycles. The molecule has 16 heavy (non-hydrogen) atoms. The van der Waals surface area contributed by atoms with Crippen LogP contribution in [0.15, 0.2) is 18.6 Å². The van der Waals surface area contributed by atoms with Crippen molar-refractivity contribution in [1.29, 1.82) is 0 Å². The van der Waals surface area contributed by atoms with Gasteiger partial charge in [-0.25, -0.2) is 4.98 Å². The zero-order valence-electron chi connectivity index (χ0n) is 8.83. The monoisotopic (exact) mass is 239 g/mol. The van der Waals surface area contributed by atoms with Crippen molar-refractivity contribution in [1.82, 2.24) is 24.9 Å². The lowest BCUT2D eigenvalue weighted by molar-refractivity contribution is 0.450. The summed E-state index contributed by atoms with van der Waals surface area (Å²) in [5.41, 5.74) is 1.28. The fourth-order valence-electron chi connectivity index (χ4n) is 2.21. The highest BCUT2D eigenvalue weighted by atomic mass is 35.5. The van der Waals surface area contributed by atoms with E-state index >= 15 is 0 Å². The van der Waals surface area contributed by atoms with E-state index in [-0.39, 0.29) is 12.4 Å². The second kappa shape index (κ2) is 4.76. The molecule has 1 aliphatic rings. The number of nitrogens with zero attached hydrogens (tertiary/aromatic N) is 4. The van der Waals surface area contributed by atoms with Gasteiger partial charge in [0, 0.05) is 17.8 Å². The standard InChI is InChI=1S/C10H13N5.ClH/c1-4-11-5-2-8(1)9-3-6-12-10-14-13-7-15(9)10;/h3,6-8,11H,1-2,4-5H2;1H. The maximum Gasteiger partial charge on any atom is 0.254 e. The fraction of sp³-hybridized carbons (Fsp3) is 0.500. The van der Waals surface area contributed by atoms with E-state index in [1.165, 1.54) is 18.5 Å². The molecule has 5 nitrogen and oxygen atoms in total. The van der Waals surface area contributed by atoms with Crippen LogP contribution in [0.5, 0.6) is 0 Å². The molecular formula is C10H14ClN5. The Morgan fingerprint density at radius 2 is 2.12 bits per heavy atom. The van der Waals surface area contributed by atoms with Crippen LogP contribution in [0.1, 0.15) is 24.5 Å². The molecular weight excluding hydrogens is 226 g/mol. The molecule has 0 amide bonds. The maximum absolute atomic E-state index is 4.17. The van der Waals surface area contributed by atoms with Crippen LogP contribution >= 0.6 is 12.4 Å². The molecule has 0 radical (unpaired) electrons. The summed E-state index contributed by atoms with van der Waals surface area (Å²) in [5.74, 6) is 1.30. The summed E-state index contributed by atoms with van der Waals surface area (Å²) in [6.45, 7) is 2.19. The average Bonchev–Trinajstić information content (AvgIpc) is 2.78. The third-order valence-electron chi connectivity index (χ3n) is 3.00. The summed E-state index contributed by atoms with van der Waals surface area (Å²) in [4.78, 5) is 4.17. The van der Waals surface area contributed by atoms with E-state index in [1.807, 2.05) is 10.6 Å². The van der Waals surface area contributed by atoms with E-state index in [9.17, 15) is 0 Å². The first-order valence-electron chi connectivity index (χ1n) is 5.30. The number of fused-ring (bicyclic) bond motifs is 1. The van der Waals surface area contributed by atoms with Crippen molar-refractivity contribution in [2.24, 2.45) is 0 Å². The second-order valence-electron chi connectivity index (χ2n) is 3.89. The largest absolute Gasteiger partial charge is 0.317 e. The van der Waals surface area contributed by atoms with E-state index in [2.05, 4.69) is 26.6 Å². The normalized spacial score (nSPS) is 17.2. The predicted molar refractivity (Wildman–Crippen MR) is 62.9 cm³/mol. The van der Waals surface area contributed by atoms with Crippen LogP contribution in [-0.2, 0) is 0 Å². The van der Waals surface area contributed by atoms with Gasteiger partial charge in [-0.15, -0.1) is 22.6 Å². The van der Waals surface area contributed by atoms with Crippen LogP contribution in [0.25, 0.3) is 5.78 Å². The van der Waals surface area contributed by atoms with Crippen LogP contribution in [0.2, 0.25) is 0 Å². The first-order chi connectivity index (χ1) is 7.45. The highest BCUT2D eigenvalue weighted by molar-refractivity contribution is 5.85. The Bertz CT molecular complexity index is 463. The van der Waals surface area contributed by atoms with Crippen molar-refractivity contribution in [2.45, 2.75) is 18.8 Å². The molecule has 2 aromatic rings. The summed E-state index contributed by atoms with van der Waals surface area (Å²) in [5, 5.41) is 11.2. The zero-order valence-corrected chi connectivity index (χ0v) is 9.65. The van der Waals surface area contributed by atoms with Crippen molar-refractivity contribution >= 4 is 18.2 Å². The Labute approximate surface area is 99.7 Å². The molecule has 0 aliphatic carbocycles. The quantitative estimate of drug-likeness (QED) is 0.807. The van der Waals surface area contributed by atoms with Gasteiger partial charge in [0.15, 0.2) is 0 Å². The molecule has 0 aromatic carbocycles. The highest BCUT2D eigenvalue weighted by Gasteiger charge is 2.17. The van der Waals surface area contributed by atoms with Crippen LogP contribution in [0.3, 0.4) is 0 Å². The minimum Gasteiger partial charge on any atom is -0.317 e. The fourth-order valence-corrected chi connectivity index (χ4v) is 2.21. The lowest BCUT2D eigenvalue weighted by atomic mass is 9.94. The van der Waals surface area contributed by atoms with Gasteiger partial charge in [-0.05, 0) is 32.0 Å². The molecule has 0 unspecified atom stereocenters. The van der Waals surface area contributed by atoms with Crippen molar-refractivity contribution in [3.8, 4) is 0 Å². The molecule has 2 aromatic heterocycles. The number of piperidine rings is 1. The van der Waals surface area contributed by atoms with E-state index in [1.54, 1.807) is 6.33 Å². The molecule has 6 heteroatoms. The lowest BCUT2D eigenvalue weighted by Gasteiger charge is -2.23. The zero-order chi connectivity index (χ0) is 10.1. The number of nitrogens with one attached hydrogen (secondary N) is 1. The third-order valence-corrected chi connectivity index (χ3v) is 3.00. The predicted octanol–water partition coefficient (Wildman–Crippen LogP) is 1.01. The smallest absolute Gasteiger partial charge is 0.254 e. The van der Waals surface area contributed by atoms with Gasteiger partial charge in [0.1, 0.15) is 6.33 Å². The molecule has 0 spiro atoms. The number of rotatable bonds is 1. The molecule has 0 bridgehead atoms. The van der Waals surface area contributed by atoms with Gasteiger partial charge in [-0.1, -0.05) is 0 Å². The maximum atomic E-state index is 4.17. The van der Waals surface area contributed by atoms with Crippen molar-refractivity contribution < 1.29 is 0 Å². The lowest BCUT2D eigenvalue weighted by Crippen LogP contribution is -2.27. The molecule has 86 valence electrons. The van der Waals surface area contributed by atoms with Gasteiger partial charge in [0.25, 0.3) is 5.78 Å². The van der Waals surface area contributed by atoms with Gasteiger partial charge in [0.2, 0.25) is 0 Å². The highest BCUT2D eigenvalue weighted by Crippen LogP contribution is 2.24. The van der Waals surface area contributed by atoms with Crippen LogP contribution in [-0.4, -0.2) is 32.7 Å². The Balaban J connectivity index is 0.000000963. The molecule has 1 N–H and O–H groups in total. The van der Waals surface area contributed by atoms with Gasteiger partial charge in [-0.2, -0.15) is 0 Å². The number of halogens is 1. The molecule has 1 fully saturated rings. The molecule has 1 aliphatic heterocycles. The van der Waals surface area contributed by atoms with Crippen molar-refractivity contribution in [2.75, 3.05) is 13.1 Å². The van der Waals surface area contributed by atoms with Gasteiger partial charge < -0.3 is 5.32 Å². The van der Waals surface area contributed by atoms with E-state index < -0.39 is 0 Å². The number of aromatic nitrogens is 4. The minimum atomic E-state index is 0. The SMILES string of the molecule is Cl.c1cc(C2CCNCC2)n2cnnc2n1. The van der Waals surface area contributed by atoms with Gasteiger partial charge >= 0.3 is 0 Å². The molecule has 3 heterocycles. The summed E-state index contributed by atoms with van der Waals surface area (Å²) in [6.07, 6.45) is 5.93. The van der Waals surface area contributed by atoms with Gasteiger partial charge in [0.05, 0.1) is 0 Å². The Hall–Kier alpha value is -1.20. The Morgan fingerprint density at radius 1 is 1.31 bits per heavy atom.